The summed E-state index contributed by atoms with van der Waals surface area (Å²) in [6, 6.07) is 2.46. The third-order valence-electron chi connectivity index (χ3n) is 8.89. The largest absolute Gasteiger partial charge is 0.444 e. The van der Waals surface area contributed by atoms with Crippen molar-refractivity contribution in [2.75, 3.05) is 57.0 Å². The minimum absolute atomic E-state index is 0.0321. The molecule has 6 heterocycles. The van der Waals surface area contributed by atoms with Crippen LogP contribution in [0.1, 0.15) is 43.9 Å². The molecule has 1 amide bonds. The van der Waals surface area contributed by atoms with Gasteiger partial charge in [0.05, 0.1) is 35.4 Å². The number of benzene rings is 1. The Morgan fingerprint density at radius 3 is 2.68 bits per heavy atom. The number of hydrogen-bond donors (Lipinski definition) is 1. The van der Waals surface area contributed by atoms with E-state index in [1.165, 1.54) is 0 Å². The molecular formula is C33H36F2N8O3S. The van der Waals surface area contributed by atoms with Crippen LogP contribution in [0.5, 0.6) is 0 Å². The Bertz CT molecular complexity index is 1950. The Balaban J connectivity index is 1.27. The molecule has 246 valence electrons. The summed E-state index contributed by atoms with van der Waals surface area (Å²) in [5.74, 6) is -0.216. The first kappa shape index (κ1) is 31.6. The molecule has 3 aromatic heterocycles. The minimum Gasteiger partial charge on any atom is -0.444 e. The van der Waals surface area contributed by atoms with Gasteiger partial charge in [-0.05, 0) is 58.3 Å². The summed E-state index contributed by atoms with van der Waals surface area (Å²) in [6.07, 6.45) is 2.85. The third-order valence-corrected chi connectivity index (χ3v) is 10.0. The van der Waals surface area contributed by atoms with E-state index in [0.717, 1.165) is 62.2 Å². The van der Waals surface area contributed by atoms with Crippen molar-refractivity contribution in [2.24, 2.45) is 5.92 Å². The van der Waals surface area contributed by atoms with Gasteiger partial charge in [0.25, 0.3) is 0 Å². The number of anilines is 2. The number of halogens is 2. The zero-order chi connectivity index (χ0) is 33.2. The number of thiophene rings is 1. The molecule has 1 N–H and O–H groups in total. The van der Waals surface area contributed by atoms with Crippen molar-refractivity contribution in [2.45, 2.75) is 52.0 Å². The van der Waals surface area contributed by atoms with Crippen LogP contribution in [0.15, 0.2) is 12.4 Å². The number of carbonyl (C=O) groups excluding carboxylic acids is 1. The molecule has 3 aliphatic rings. The average molecular weight is 663 g/mol. The van der Waals surface area contributed by atoms with Crippen molar-refractivity contribution in [1.29, 1.82) is 5.26 Å². The molecule has 0 unspecified atom stereocenters. The maximum Gasteiger partial charge on any atom is 0.412 e. The molecule has 14 heteroatoms. The highest BCUT2D eigenvalue weighted by molar-refractivity contribution is 7.23. The molecule has 0 saturated carbocycles. The molecule has 47 heavy (non-hydrogen) atoms. The highest BCUT2D eigenvalue weighted by atomic mass is 32.1. The number of nitrogens with zero attached hydrogens (tertiary/aromatic N) is 7. The second kappa shape index (κ2) is 11.9. The predicted molar refractivity (Wildman–Crippen MR) is 175 cm³/mol. The molecule has 0 bridgehead atoms. The monoisotopic (exact) mass is 662 g/mol. The van der Waals surface area contributed by atoms with Crippen LogP contribution in [0.4, 0.5) is 24.5 Å². The van der Waals surface area contributed by atoms with E-state index in [9.17, 15) is 10.1 Å². The van der Waals surface area contributed by atoms with Gasteiger partial charge in [-0.1, -0.05) is 0 Å². The van der Waals surface area contributed by atoms with Gasteiger partial charge in [-0.15, -0.1) is 11.3 Å². The number of hydrogen-bond acceptors (Lipinski definition) is 11. The molecule has 1 atom stereocenters. The van der Waals surface area contributed by atoms with Gasteiger partial charge in [0.1, 0.15) is 22.2 Å². The first-order chi connectivity index (χ1) is 22.4. The molecule has 11 nitrogen and oxygen atoms in total. The molecular weight excluding hydrogens is 626 g/mol. The highest BCUT2D eigenvalue weighted by Gasteiger charge is 2.37. The first-order valence-corrected chi connectivity index (χ1v) is 16.5. The van der Waals surface area contributed by atoms with Gasteiger partial charge < -0.3 is 19.3 Å². The minimum atomic E-state index is -0.794. The summed E-state index contributed by atoms with van der Waals surface area (Å²) >= 11 is 0.870. The van der Waals surface area contributed by atoms with Gasteiger partial charge in [-0.25, -0.2) is 23.5 Å². The van der Waals surface area contributed by atoms with E-state index in [1.807, 2.05) is 0 Å². The summed E-state index contributed by atoms with van der Waals surface area (Å²) in [5.41, 5.74) is 0.761. The molecule has 4 aromatic rings. The summed E-state index contributed by atoms with van der Waals surface area (Å²) in [7, 11) is 4.20. The smallest absolute Gasteiger partial charge is 0.412 e. The molecule has 3 aliphatic heterocycles. The maximum atomic E-state index is 16.9. The van der Waals surface area contributed by atoms with Gasteiger partial charge >= 0.3 is 6.09 Å². The fourth-order valence-electron chi connectivity index (χ4n) is 6.92. The molecule has 2 fully saturated rings. The molecule has 0 aliphatic carbocycles. The summed E-state index contributed by atoms with van der Waals surface area (Å²) in [5, 5.41) is 13.5. The lowest BCUT2D eigenvalue weighted by atomic mass is 9.94. The Morgan fingerprint density at radius 2 is 1.96 bits per heavy atom. The van der Waals surface area contributed by atoms with Crippen molar-refractivity contribution in [3.05, 3.63) is 40.7 Å². The van der Waals surface area contributed by atoms with Gasteiger partial charge in [-0.2, -0.15) is 5.26 Å². The van der Waals surface area contributed by atoms with Crippen molar-refractivity contribution < 1.29 is 23.0 Å². The molecule has 1 aromatic carbocycles. The standard InChI is InChI=1S/C33H36F2N8O3S/c1-33(2,3)46-32(44)40-30-19(8-36)25-28(37-10-23(34)29(25)47-30)24-22-16-45-15-21(22)20-9-38-31(39-27(20)26(24)35)42-7-6-18(14-42)43-12-17(13-43)11-41(4)5/h9-10,17-18H,6-7,11-16H2,1-5H3,(H,40,44)/t18-/m0/s1. The summed E-state index contributed by atoms with van der Waals surface area (Å²) < 4.78 is 43.3. The van der Waals surface area contributed by atoms with E-state index in [2.05, 4.69) is 50.1 Å². The Kier molecular flexibility index (Phi) is 7.99. The van der Waals surface area contributed by atoms with E-state index in [4.69, 9.17) is 14.5 Å². The Hall–Kier alpha value is -4.03. The van der Waals surface area contributed by atoms with E-state index < -0.39 is 23.3 Å². The maximum absolute atomic E-state index is 16.9. The Labute approximate surface area is 275 Å². The number of nitriles is 1. The quantitative estimate of drug-likeness (QED) is 0.283. The second-order valence-electron chi connectivity index (χ2n) is 13.7. The van der Waals surface area contributed by atoms with E-state index in [-0.39, 0.29) is 50.6 Å². The van der Waals surface area contributed by atoms with Crippen molar-refractivity contribution in [3.63, 3.8) is 0 Å². The summed E-state index contributed by atoms with van der Waals surface area (Å²) in [6.45, 7) is 10.2. The molecule has 0 spiro atoms. The number of likely N-dealkylation sites (tertiary alicyclic amines) is 1. The van der Waals surface area contributed by atoms with Gasteiger partial charge in [0.2, 0.25) is 5.95 Å². The lowest BCUT2D eigenvalue weighted by Crippen LogP contribution is -2.55. The normalized spacial score (nSPS) is 18.6. The third kappa shape index (κ3) is 5.75. The molecule has 2 saturated heterocycles. The number of pyridine rings is 1. The van der Waals surface area contributed by atoms with Crippen LogP contribution in [0.2, 0.25) is 0 Å². The number of ether oxygens (including phenoxy) is 2. The molecule has 0 radical (unpaired) electrons. The van der Waals surface area contributed by atoms with E-state index in [0.29, 0.717) is 28.9 Å². The number of amides is 1. The number of aromatic nitrogens is 3. The van der Waals surface area contributed by atoms with Crippen LogP contribution in [-0.4, -0.2) is 89.3 Å². The Morgan fingerprint density at radius 1 is 1.19 bits per heavy atom. The van der Waals surface area contributed by atoms with Crippen molar-refractivity contribution in [3.8, 4) is 17.3 Å². The van der Waals surface area contributed by atoms with Crippen LogP contribution in [0.25, 0.3) is 32.2 Å². The zero-order valence-electron chi connectivity index (χ0n) is 27.0. The van der Waals surface area contributed by atoms with Crippen LogP contribution >= 0.6 is 11.3 Å². The number of nitrogens with one attached hydrogen (secondary N) is 1. The van der Waals surface area contributed by atoms with Crippen LogP contribution in [0, 0.1) is 28.9 Å². The van der Waals surface area contributed by atoms with Gasteiger partial charge in [-0.3, -0.25) is 15.2 Å². The number of fused-ring (bicyclic) bond motifs is 4. The molecule has 7 rings (SSSR count). The van der Waals surface area contributed by atoms with Crippen molar-refractivity contribution >= 4 is 49.4 Å². The first-order valence-electron chi connectivity index (χ1n) is 15.6. The van der Waals surface area contributed by atoms with E-state index in [1.54, 1.807) is 27.0 Å². The average Bonchev–Trinajstić information content (AvgIpc) is 3.74. The lowest BCUT2D eigenvalue weighted by Gasteiger charge is -2.44. The number of rotatable bonds is 6. The topological polar surface area (TPSA) is 120 Å². The number of carbonyl (C=O) groups is 1. The van der Waals surface area contributed by atoms with Crippen LogP contribution in [-0.2, 0) is 22.7 Å². The fourth-order valence-corrected chi connectivity index (χ4v) is 7.95. The van der Waals surface area contributed by atoms with E-state index >= 15 is 8.78 Å². The van der Waals surface area contributed by atoms with Crippen molar-refractivity contribution in [1.82, 2.24) is 24.8 Å². The van der Waals surface area contributed by atoms with Crippen LogP contribution in [0.3, 0.4) is 0 Å². The summed E-state index contributed by atoms with van der Waals surface area (Å²) in [4.78, 5) is 33.2. The zero-order valence-corrected chi connectivity index (χ0v) is 27.8. The van der Waals surface area contributed by atoms with Gasteiger partial charge in [0, 0.05) is 61.3 Å². The SMILES string of the molecule is CN(C)CC1CN([C@H]2CCN(c3ncc4c5c(c(-c6ncc(F)c7sc(NC(=O)OC(C)(C)C)c(C#N)c67)c(F)c4n3)COC5)C2)C1. The lowest BCUT2D eigenvalue weighted by molar-refractivity contribution is 0.0464. The van der Waals surface area contributed by atoms with Crippen LogP contribution < -0.4 is 10.2 Å². The second-order valence-corrected chi connectivity index (χ2v) is 14.8. The van der Waals surface area contributed by atoms with Gasteiger partial charge in [0.15, 0.2) is 11.6 Å². The fraction of sp³-hybridized carbons (Fsp3) is 0.485. The predicted octanol–water partition coefficient (Wildman–Crippen LogP) is 5.51. The highest BCUT2D eigenvalue weighted by Crippen LogP contribution is 2.46.